The summed E-state index contributed by atoms with van der Waals surface area (Å²) in [4.78, 5) is 16.0. The van der Waals surface area contributed by atoms with Gasteiger partial charge in [-0.15, -0.1) is 0 Å². The van der Waals surface area contributed by atoms with Crippen molar-refractivity contribution in [2.24, 2.45) is 17.6 Å². The Morgan fingerprint density at radius 2 is 2.11 bits per heavy atom. The van der Waals surface area contributed by atoms with E-state index in [2.05, 4.69) is 15.6 Å². The number of piperidine rings is 1. The fraction of sp³-hybridized carbons (Fsp3) is 0.538. The van der Waals surface area contributed by atoms with Gasteiger partial charge in [0.05, 0.1) is 5.56 Å². The van der Waals surface area contributed by atoms with Crippen LogP contribution in [0.2, 0.25) is 0 Å². The summed E-state index contributed by atoms with van der Waals surface area (Å²) in [5.41, 5.74) is 7.77. The van der Waals surface area contributed by atoms with Crippen LogP contribution in [0.4, 0.5) is 5.82 Å². The maximum atomic E-state index is 11.5. The molecular formula is C13H18N4O. The van der Waals surface area contributed by atoms with Crippen LogP contribution in [-0.4, -0.2) is 30.0 Å². The molecule has 0 radical (unpaired) electrons. The van der Waals surface area contributed by atoms with Crippen molar-refractivity contribution in [1.82, 2.24) is 10.3 Å². The highest BCUT2D eigenvalue weighted by atomic mass is 16.1. The van der Waals surface area contributed by atoms with Gasteiger partial charge >= 0.3 is 0 Å². The van der Waals surface area contributed by atoms with Gasteiger partial charge in [-0.3, -0.25) is 4.79 Å². The van der Waals surface area contributed by atoms with Crippen molar-refractivity contribution in [1.29, 1.82) is 0 Å². The maximum absolute atomic E-state index is 11.5. The van der Waals surface area contributed by atoms with E-state index in [0.717, 1.165) is 24.3 Å². The normalized spacial score (nSPS) is 28.9. The van der Waals surface area contributed by atoms with Crippen molar-refractivity contribution in [2.45, 2.75) is 19.9 Å². The van der Waals surface area contributed by atoms with E-state index in [0.29, 0.717) is 29.3 Å². The van der Waals surface area contributed by atoms with Gasteiger partial charge in [0.25, 0.3) is 5.91 Å². The SMILES string of the molecule is Cc1cc(C)c(C(N)=O)c(NC2C3CNCC32)n1. The second kappa shape index (κ2) is 3.95. The number of fused-ring (bicyclic) bond motifs is 1. The molecule has 1 saturated heterocycles. The number of primary amides is 1. The molecule has 1 aromatic rings. The molecule has 2 aliphatic rings. The van der Waals surface area contributed by atoms with E-state index in [4.69, 9.17) is 5.73 Å². The molecule has 2 atom stereocenters. The number of hydrogen-bond acceptors (Lipinski definition) is 4. The molecule has 0 aromatic carbocycles. The molecule has 5 nitrogen and oxygen atoms in total. The average Bonchev–Trinajstić information content (AvgIpc) is 2.72. The van der Waals surface area contributed by atoms with Crippen LogP contribution in [0.5, 0.6) is 0 Å². The summed E-state index contributed by atoms with van der Waals surface area (Å²) in [6.45, 7) is 5.94. The third-order valence-electron chi connectivity index (χ3n) is 3.99. The zero-order chi connectivity index (χ0) is 12.9. The minimum absolute atomic E-state index is 0.411. The molecule has 1 aliphatic carbocycles. The number of nitrogens with two attached hydrogens (primary N) is 1. The molecule has 1 amide bonds. The first-order chi connectivity index (χ1) is 8.58. The fourth-order valence-corrected chi connectivity index (χ4v) is 3.04. The van der Waals surface area contributed by atoms with Crippen LogP contribution in [0.15, 0.2) is 6.07 Å². The summed E-state index contributed by atoms with van der Waals surface area (Å²) in [6.07, 6.45) is 0. The second-order valence-electron chi connectivity index (χ2n) is 5.32. The van der Waals surface area contributed by atoms with Crippen LogP contribution in [-0.2, 0) is 0 Å². The van der Waals surface area contributed by atoms with Crippen molar-refractivity contribution in [3.05, 3.63) is 22.9 Å². The van der Waals surface area contributed by atoms with Gasteiger partial charge in [0.2, 0.25) is 0 Å². The Morgan fingerprint density at radius 3 is 2.72 bits per heavy atom. The average molecular weight is 246 g/mol. The third kappa shape index (κ3) is 1.75. The van der Waals surface area contributed by atoms with Gasteiger partial charge in [-0.25, -0.2) is 4.98 Å². The van der Waals surface area contributed by atoms with Crippen LogP contribution in [0, 0.1) is 25.7 Å². The Bertz CT molecular complexity index is 504. The van der Waals surface area contributed by atoms with Gasteiger partial charge in [-0.2, -0.15) is 0 Å². The van der Waals surface area contributed by atoms with Crippen molar-refractivity contribution in [2.75, 3.05) is 18.4 Å². The highest BCUT2D eigenvalue weighted by molar-refractivity contribution is 5.99. The zero-order valence-electron chi connectivity index (χ0n) is 10.7. The Morgan fingerprint density at radius 1 is 1.44 bits per heavy atom. The highest BCUT2D eigenvalue weighted by Crippen LogP contribution is 2.43. The first kappa shape index (κ1) is 11.5. The smallest absolute Gasteiger partial charge is 0.252 e. The molecule has 1 aliphatic heterocycles. The number of nitrogens with zero attached hydrogens (tertiary/aromatic N) is 1. The summed E-state index contributed by atoms with van der Waals surface area (Å²) in [6, 6.07) is 2.33. The molecule has 1 saturated carbocycles. The number of aromatic nitrogens is 1. The van der Waals surface area contributed by atoms with E-state index in [1.54, 1.807) is 0 Å². The summed E-state index contributed by atoms with van der Waals surface area (Å²) in [5.74, 6) is 1.59. The number of aryl methyl sites for hydroxylation is 2. The molecule has 2 heterocycles. The lowest BCUT2D eigenvalue weighted by molar-refractivity contribution is 0.1000. The predicted molar refractivity (Wildman–Crippen MR) is 69.5 cm³/mol. The number of anilines is 1. The fourth-order valence-electron chi connectivity index (χ4n) is 3.04. The van der Waals surface area contributed by atoms with E-state index >= 15 is 0 Å². The minimum Gasteiger partial charge on any atom is -0.366 e. The number of carbonyl (C=O) groups excluding carboxylic acids is 1. The highest BCUT2D eigenvalue weighted by Gasteiger charge is 2.53. The molecule has 2 fully saturated rings. The number of pyridine rings is 1. The number of nitrogens with one attached hydrogen (secondary N) is 2. The van der Waals surface area contributed by atoms with Gasteiger partial charge < -0.3 is 16.4 Å². The standard InChI is InChI=1S/C13H18N4O/c1-6-3-7(2)16-13(10(6)12(14)18)17-11-8-4-15-5-9(8)11/h3,8-9,11,15H,4-5H2,1-2H3,(H2,14,18)(H,16,17). The molecular weight excluding hydrogens is 228 g/mol. The summed E-state index contributed by atoms with van der Waals surface area (Å²) < 4.78 is 0. The lowest BCUT2D eigenvalue weighted by Gasteiger charge is -2.14. The van der Waals surface area contributed by atoms with Gasteiger partial charge in [0.1, 0.15) is 5.82 Å². The zero-order valence-corrected chi connectivity index (χ0v) is 10.7. The van der Waals surface area contributed by atoms with Gasteiger partial charge in [-0.05, 0) is 37.3 Å². The first-order valence-electron chi connectivity index (χ1n) is 6.33. The van der Waals surface area contributed by atoms with Crippen molar-refractivity contribution >= 4 is 11.7 Å². The van der Waals surface area contributed by atoms with Gasteiger partial charge in [-0.1, -0.05) is 0 Å². The number of rotatable bonds is 3. The van der Waals surface area contributed by atoms with E-state index in [1.807, 2.05) is 19.9 Å². The Balaban J connectivity index is 1.88. The predicted octanol–water partition coefficient (Wildman–Crippen LogP) is 0.427. The topological polar surface area (TPSA) is 80.0 Å². The molecule has 96 valence electrons. The minimum atomic E-state index is -0.411. The quantitative estimate of drug-likeness (QED) is 0.722. The largest absolute Gasteiger partial charge is 0.366 e. The van der Waals surface area contributed by atoms with Gasteiger partial charge in [0.15, 0.2) is 0 Å². The van der Waals surface area contributed by atoms with Crippen LogP contribution in [0.3, 0.4) is 0 Å². The van der Waals surface area contributed by atoms with Crippen LogP contribution in [0.25, 0.3) is 0 Å². The van der Waals surface area contributed by atoms with Crippen LogP contribution < -0.4 is 16.4 Å². The van der Waals surface area contributed by atoms with E-state index in [9.17, 15) is 4.79 Å². The number of amides is 1. The monoisotopic (exact) mass is 246 g/mol. The maximum Gasteiger partial charge on any atom is 0.252 e. The third-order valence-corrected chi connectivity index (χ3v) is 3.99. The summed E-state index contributed by atoms with van der Waals surface area (Å²) in [7, 11) is 0. The van der Waals surface area contributed by atoms with Crippen molar-refractivity contribution in [3.8, 4) is 0 Å². The Kier molecular flexibility index (Phi) is 2.52. The molecule has 5 heteroatoms. The van der Waals surface area contributed by atoms with Crippen molar-refractivity contribution in [3.63, 3.8) is 0 Å². The Hall–Kier alpha value is -1.62. The van der Waals surface area contributed by atoms with E-state index in [-0.39, 0.29) is 0 Å². The lowest BCUT2D eigenvalue weighted by atomic mass is 10.1. The van der Waals surface area contributed by atoms with Crippen molar-refractivity contribution < 1.29 is 4.79 Å². The second-order valence-corrected chi connectivity index (χ2v) is 5.32. The molecule has 3 rings (SSSR count). The molecule has 4 N–H and O–H groups in total. The van der Waals surface area contributed by atoms with Crippen LogP contribution >= 0.6 is 0 Å². The van der Waals surface area contributed by atoms with E-state index in [1.165, 1.54) is 0 Å². The first-order valence-corrected chi connectivity index (χ1v) is 6.33. The molecule has 2 unspecified atom stereocenters. The Labute approximate surface area is 106 Å². The number of hydrogen-bond donors (Lipinski definition) is 3. The molecule has 1 aromatic heterocycles. The number of carbonyl (C=O) groups is 1. The lowest BCUT2D eigenvalue weighted by Crippen LogP contribution is -2.24. The summed E-state index contributed by atoms with van der Waals surface area (Å²) >= 11 is 0. The molecule has 0 spiro atoms. The van der Waals surface area contributed by atoms with E-state index < -0.39 is 5.91 Å². The molecule has 18 heavy (non-hydrogen) atoms. The molecule has 0 bridgehead atoms. The summed E-state index contributed by atoms with van der Waals surface area (Å²) in [5, 5.41) is 6.74. The van der Waals surface area contributed by atoms with Gasteiger partial charge in [0, 0.05) is 24.8 Å². The van der Waals surface area contributed by atoms with Crippen LogP contribution in [0.1, 0.15) is 21.6 Å².